The lowest BCUT2D eigenvalue weighted by molar-refractivity contribution is -0.145. The van der Waals surface area contributed by atoms with Gasteiger partial charge in [0.05, 0.1) is 25.4 Å². The van der Waals surface area contributed by atoms with Gasteiger partial charge in [0.15, 0.2) is 0 Å². The minimum Gasteiger partial charge on any atom is -0.469 e. The first-order valence-electron chi connectivity index (χ1n) is 5.79. The van der Waals surface area contributed by atoms with E-state index in [1.165, 1.54) is 7.11 Å². The van der Waals surface area contributed by atoms with Crippen molar-refractivity contribution >= 4 is 16.1 Å². The molecule has 5 nitrogen and oxygen atoms in total. The maximum Gasteiger partial charge on any atom is 0.308 e. The van der Waals surface area contributed by atoms with Gasteiger partial charge in [0.1, 0.15) is 0 Å². The minimum atomic E-state index is -3.36. The third kappa shape index (κ3) is 2.63. The molecule has 2 aliphatic rings. The molecule has 3 unspecified atom stereocenters. The Morgan fingerprint density at radius 2 is 1.82 bits per heavy atom. The summed E-state index contributed by atoms with van der Waals surface area (Å²) in [5, 5.41) is 0. The van der Waals surface area contributed by atoms with E-state index in [0.29, 0.717) is 17.8 Å². The molecule has 98 valence electrons. The summed E-state index contributed by atoms with van der Waals surface area (Å²) < 4.78 is 31.7. The first-order chi connectivity index (χ1) is 7.83. The fourth-order valence-corrected chi connectivity index (χ4v) is 3.90. The summed E-state index contributed by atoms with van der Waals surface area (Å²) >= 11 is 0. The molecule has 0 N–H and O–H groups in total. The van der Waals surface area contributed by atoms with Gasteiger partial charge in [-0.1, -0.05) is 6.92 Å². The monoisotopic (exact) mass is 262 g/mol. The van der Waals surface area contributed by atoms with Gasteiger partial charge >= 0.3 is 5.97 Å². The van der Waals surface area contributed by atoms with Gasteiger partial charge in [0.2, 0.25) is 0 Å². The first kappa shape index (κ1) is 12.8. The highest BCUT2D eigenvalue weighted by Crippen LogP contribution is 2.61. The smallest absolute Gasteiger partial charge is 0.308 e. The Labute approximate surface area is 102 Å². The van der Waals surface area contributed by atoms with Crippen LogP contribution in [0.5, 0.6) is 0 Å². The Morgan fingerprint density at radius 1 is 1.29 bits per heavy atom. The summed E-state index contributed by atoms with van der Waals surface area (Å²) in [4.78, 5) is 11.4. The summed E-state index contributed by atoms with van der Waals surface area (Å²) in [6, 6.07) is 0. The Bertz CT molecular complexity index is 404. The second-order valence-electron chi connectivity index (χ2n) is 5.11. The normalized spacial score (nSPS) is 37.4. The van der Waals surface area contributed by atoms with Crippen molar-refractivity contribution in [3.63, 3.8) is 0 Å². The molecule has 0 spiro atoms. The second kappa shape index (κ2) is 4.24. The number of ether oxygens (including phenoxy) is 1. The second-order valence-corrected chi connectivity index (χ2v) is 6.71. The van der Waals surface area contributed by atoms with Crippen LogP contribution >= 0.6 is 0 Å². The van der Waals surface area contributed by atoms with Gasteiger partial charge in [0, 0.05) is 0 Å². The molecule has 0 aliphatic heterocycles. The van der Waals surface area contributed by atoms with Crippen molar-refractivity contribution in [3.8, 4) is 0 Å². The van der Waals surface area contributed by atoms with E-state index in [4.69, 9.17) is 8.92 Å². The first-order valence-corrected chi connectivity index (χ1v) is 7.61. The highest BCUT2D eigenvalue weighted by molar-refractivity contribution is 7.86. The topological polar surface area (TPSA) is 69.7 Å². The van der Waals surface area contributed by atoms with Crippen LogP contribution in [-0.4, -0.2) is 33.9 Å². The molecule has 0 aromatic heterocycles. The van der Waals surface area contributed by atoms with Crippen LogP contribution in [0.3, 0.4) is 0 Å². The molecule has 0 bridgehead atoms. The SMILES string of the molecule is COC(=O)C(C)C1[C@H]2CC(OS(C)(=O)=O)C[C@@H]12. The lowest BCUT2D eigenvalue weighted by Crippen LogP contribution is -2.21. The van der Waals surface area contributed by atoms with Gasteiger partial charge < -0.3 is 4.74 Å². The fraction of sp³-hybridized carbons (Fsp3) is 0.909. The van der Waals surface area contributed by atoms with E-state index in [0.717, 1.165) is 19.1 Å². The molecular formula is C11H18O5S. The number of carbonyl (C=O) groups is 1. The molecule has 0 amide bonds. The molecule has 0 saturated heterocycles. The predicted octanol–water partition coefficient (Wildman–Crippen LogP) is 0.796. The Balaban J connectivity index is 1.85. The lowest BCUT2D eigenvalue weighted by atomic mass is 9.98. The predicted molar refractivity (Wildman–Crippen MR) is 60.6 cm³/mol. The maximum absolute atomic E-state index is 11.4. The Hall–Kier alpha value is -0.620. The van der Waals surface area contributed by atoms with Crippen molar-refractivity contribution in [2.75, 3.05) is 13.4 Å². The summed E-state index contributed by atoms with van der Waals surface area (Å²) in [5.41, 5.74) is 0. The van der Waals surface area contributed by atoms with Crippen LogP contribution in [0.25, 0.3) is 0 Å². The average molecular weight is 262 g/mol. The van der Waals surface area contributed by atoms with E-state index < -0.39 is 10.1 Å². The average Bonchev–Trinajstić information content (AvgIpc) is 2.71. The van der Waals surface area contributed by atoms with E-state index in [2.05, 4.69) is 0 Å². The van der Waals surface area contributed by atoms with Crippen molar-refractivity contribution in [2.24, 2.45) is 23.7 Å². The molecule has 0 radical (unpaired) electrons. The van der Waals surface area contributed by atoms with Crippen LogP contribution in [0.4, 0.5) is 0 Å². The van der Waals surface area contributed by atoms with Gasteiger partial charge in [-0.15, -0.1) is 0 Å². The molecule has 2 rings (SSSR count). The summed E-state index contributed by atoms with van der Waals surface area (Å²) in [6.45, 7) is 1.88. The number of fused-ring (bicyclic) bond motifs is 1. The van der Waals surface area contributed by atoms with Crippen molar-refractivity contribution in [1.29, 1.82) is 0 Å². The molecule has 17 heavy (non-hydrogen) atoms. The van der Waals surface area contributed by atoms with E-state index in [1.54, 1.807) is 0 Å². The number of hydrogen-bond acceptors (Lipinski definition) is 5. The Morgan fingerprint density at radius 3 is 2.24 bits per heavy atom. The number of hydrogen-bond donors (Lipinski definition) is 0. The van der Waals surface area contributed by atoms with Gasteiger partial charge in [-0.3, -0.25) is 8.98 Å². The molecule has 2 saturated carbocycles. The lowest BCUT2D eigenvalue weighted by Gasteiger charge is -2.16. The fourth-order valence-electron chi connectivity index (χ4n) is 3.25. The standard InChI is InChI=1S/C11H18O5S/c1-6(11(12)15-2)10-8-4-7(5-9(8)10)16-17(3,13)14/h6-10H,4-5H2,1-3H3/t6?,7?,8-,9+,10?. The zero-order valence-corrected chi connectivity index (χ0v) is 11.1. The molecule has 0 aromatic carbocycles. The van der Waals surface area contributed by atoms with E-state index in [1.807, 2.05) is 6.92 Å². The summed E-state index contributed by atoms with van der Waals surface area (Å²) in [5.74, 6) is 0.938. The number of esters is 1. The zero-order chi connectivity index (χ0) is 12.8. The van der Waals surface area contributed by atoms with Crippen molar-refractivity contribution in [2.45, 2.75) is 25.9 Å². The van der Waals surface area contributed by atoms with E-state index in [-0.39, 0.29) is 18.0 Å². The summed E-state index contributed by atoms with van der Waals surface area (Å²) in [7, 11) is -1.97. The van der Waals surface area contributed by atoms with Crippen molar-refractivity contribution in [3.05, 3.63) is 0 Å². The van der Waals surface area contributed by atoms with Gasteiger partial charge in [0.25, 0.3) is 10.1 Å². The zero-order valence-electron chi connectivity index (χ0n) is 10.3. The van der Waals surface area contributed by atoms with E-state index in [9.17, 15) is 13.2 Å². The number of carbonyl (C=O) groups excluding carboxylic acids is 1. The van der Waals surface area contributed by atoms with Gasteiger partial charge in [-0.25, -0.2) is 0 Å². The number of methoxy groups -OCH3 is 1. The van der Waals surface area contributed by atoms with Crippen molar-refractivity contribution < 1.29 is 22.1 Å². The molecule has 6 heteroatoms. The van der Waals surface area contributed by atoms with Crippen LogP contribution in [0.2, 0.25) is 0 Å². The molecule has 0 heterocycles. The van der Waals surface area contributed by atoms with Crippen LogP contribution in [0.15, 0.2) is 0 Å². The molecular weight excluding hydrogens is 244 g/mol. The Kier molecular flexibility index (Phi) is 3.20. The number of rotatable bonds is 4. The molecule has 0 aromatic rings. The minimum absolute atomic E-state index is 0.0887. The summed E-state index contributed by atoms with van der Waals surface area (Å²) in [6.07, 6.45) is 2.36. The van der Waals surface area contributed by atoms with Crippen LogP contribution in [0, 0.1) is 23.7 Å². The van der Waals surface area contributed by atoms with Gasteiger partial charge in [-0.05, 0) is 30.6 Å². The highest BCUT2D eigenvalue weighted by Gasteiger charge is 2.60. The van der Waals surface area contributed by atoms with Gasteiger partial charge in [-0.2, -0.15) is 8.42 Å². The molecule has 2 fully saturated rings. The largest absolute Gasteiger partial charge is 0.469 e. The van der Waals surface area contributed by atoms with E-state index >= 15 is 0 Å². The van der Waals surface area contributed by atoms with Crippen LogP contribution in [-0.2, 0) is 23.8 Å². The molecule has 5 atom stereocenters. The van der Waals surface area contributed by atoms with Crippen LogP contribution < -0.4 is 0 Å². The third-order valence-electron chi connectivity index (χ3n) is 3.93. The molecule has 2 aliphatic carbocycles. The van der Waals surface area contributed by atoms with Crippen LogP contribution in [0.1, 0.15) is 19.8 Å². The quantitative estimate of drug-likeness (QED) is 0.553. The van der Waals surface area contributed by atoms with Crippen molar-refractivity contribution in [1.82, 2.24) is 0 Å². The highest BCUT2D eigenvalue weighted by atomic mass is 32.2. The third-order valence-corrected chi connectivity index (χ3v) is 4.55. The maximum atomic E-state index is 11.4.